The van der Waals surface area contributed by atoms with Crippen molar-refractivity contribution < 1.29 is 19.0 Å². The maximum absolute atomic E-state index is 11.5. The van der Waals surface area contributed by atoms with Crippen LogP contribution < -0.4 is 0 Å². The lowest BCUT2D eigenvalue weighted by atomic mass is 9.84. The molecule has 4 heteroatoms. The highest BCUT2D eigenvalue weighted by Gasteiger charge is 2.43. The van der Waals surface area contributed by atoms with Crippen LogP contribution in [0.5, 0.6) is 0 Å². The molecule has 0 unspecified atom stereocenters. The fourth-order valence-electron chi connectivity index (χ4n) is 3.23. The lowest BCUT2D eigenvalue weighted by Crippen LogP contribution is -2.28. The summed E-state index contributed by atoms with van der Waals surface area (Å²) in [7, 11) is 0. The van der Waals surface area contributed by atoms with Crippen LogP contribution in [0.1, 0.15) is 47.5 Å². The summed E-state index contributed by atoms with van der Waals surface area (Å²) in [4.78, 5) is 11.5. The summed E-state index contributed by atoms with van der Waals surface area (Å²) in [6.07, 6.45) is 7.64. The summed E-state index contributed by atoms with van der Waals surface area (Å²) in [6.45, 7) is 11.9. The Bertz CT molecular complexity index is 546. The number of esters is 1. The van der Waals surface area contributed by atoms with Crippen molar-refractivity contribution >= 4 is 5.97 Å². The van der Waals surface area contributed by atoms with Gasteiger partial charge in [0.2, 0.25) is 0 Å². The molecule has 2 rings (SSSR count). The van der Waals surface area contributed by atoms with Crippen molar-refractivity contribution in [3.63, 3.8) is 0 Å². The number of rotatable bonds is 5. The minimum Gasteiger partial charge on any atom is -0.463 e. The molecule has 1 saturated heterocycles. The van der Waals surface area contributed by atoms with Crippen molar-refractivity contribution in [3.05, 3.63) is 34.9 Å². The first-order chi connectivity index (χ1) is 10.8. The number of carbonyl (C=O) groups is 1. The van der Waals surface area contributed by atoms with Gasteiger partial charge in [-0.05, 0) is 55.7 Å². The zero-order chi connectivity index (χ0) is 17.1. The van der Waals surface area contributed by atoms with E-state index in [0.29, 0.717) is 19.8 Å². The van der Waals surface area contributed by atoms with Crippen LogP contribution in [0.4, 0.5) is 0 Å². The Morgan fingerprint density at radius 3 is 2.52 bits per heavy atom. The van der Waals surface area contributed by atoms with Gasteiger partial charge in [0.05, 0.1) is 19.8 Å². The lowest BCUT2D eigenvalue weighted by Gasteiger charge is -2.27. The van der Waals surface area contributed by atoms with E-state index in [-0.39, 0.29) is 11.4 Å². The summed E-state index contributed by atoms with van der Waals surface area (Å²) in [5.74, 6) is -0.907. The molecular formula is C19H28O4. The van der Waals surface area contributed by atoms with Crippen molar-refractivity contribution in [2.24, 2.45) is 5.41 Å². The average Bonchev–Trinajstić information content (AvgIpc) is 3.01. The van der Waals surface area contributed by atoms with Gasteiger partial charge in [-0.2, -0.15) is 0 Å². The third-order valence-electron chi connectivity index (χ3n) is 4.59. The Labute approximate surface area is 139 Å². The highest BCUT2D eigenvalue weighted by Crippen LogP contribution is 2.48. The lowest BCUT2D eigenvalue weighted by molar-refractivity contribution is -0.137. The summed E-state index contributed by atoms with van der Waals surface area (Å²) in [5, 5.41) is 0. The standard InChI is InChI=1S/C19H28O4/c1-6-21-17(20)13-14(2)7-8-15-16(9-10-18(15,3)4)19(5)22-11-12-23-19/h7-8,13H,6,9-12H2,1-5H3. The predicted molar refractivity (Wildman–Crippen MR) is 89.9 cm³/mol. The first-order valence-electron chi connectivity index (χ1n) is 8.33. The Hall–Kier alpha value is -1.39. The SMILES string of the molecule is CCOC(=O)C=C(C)C=CC1=C(C2(C)OCCO2)CCC1(C)C. The molecule has 23 heavy (non-hydrogen) atoms. The molecule has 0 bridgehead atoms. The molecular weight excluding hydrogens is 292 g/mol. The Balaban J connectivity index is 2.26. The molecule has 2 aliphatic rings. The molecule has 0 saturated carbocycles. The Morgan fingerprint density at radius 1 is 1.26 bits per heavy atom. The fraction of sp³-hybridized carbons (Fsp3) is 0.632. The van der Waals surface area contributed by atoms with Gasteiger partial charge in [0.25, 0.3) is 0 Å². The van der Waals surface area contributed by atoms with Gasteiger partial charge in [0.1, 0.15) is 0 Å². The van der Waals surface area contributed by atoms with Gasteiger partial charge in [0.15, 0.2) is 5.79 Å². The van der Waals surface area contributed by atoms with Crippen LogP contribution in [0.15, 0.2) is 34.9 Å². The van der Waals surface area contributed by atoms with Crippen LogP contribution >= 0.6 is 0 Å². The third-order valence-corrected chi connectivity index (χ3v) is 4.59. The molecule has 1 heterocycles. The normalized spacial score (nSPS) is 23.8. The van der Waals surface area contributed by atoms with Crippen LogP contribution in [0.3, 0.4) is 0 Å². The summed E-state index contributed by atoms with van der Waals surface area (Å²) in [5.41, 5.74) is 3.42. The van der Waals surface area contributed by atoms with Crippen molar-refractivity contribution in [1.82, 2.24) is 0 Å². The van der Waals surface area contributed by atoms with Crippen molar-refractivity contribution in [1.29, 1.82) is 0 Å². The van der Waals surface area contributed by atoms with E-state index in [9.17, 15) is 4.79 Å². The quantitative estimate of drug-likeness (QED) is 0.437. The summed E-state index contributed by atoms with van der Waals surface area (Å²) in [6, 6.07) is 0. The number of hydrogen-bond acceptors (Lipinski definition) is 4. The number of ether oxygens (including phenoxy) is 3. The number of allylic oxidation sites excluding steroid dienone is 4. The molecule has 0 aromatic carbocycles. The topological polar surface area (TPSA) is 44.8 Å². The van der Waals surface area contributed by atoms with Crippen molar-refractivity contribution in [3.8, 4) is 0 Å². The van der Waals surface area contributed by atoms with Gasteiger partial charge in [-0.15, -0.1) is 0 Å². The third kappa shape index (κ3) is 4.12. The first kappa shape index (κ1) is 18.0. The molecule has 0 aromatic rings. The van der Waals surface area contributed by atoms with E-state index in [1.165, 1.54) is 17.2 Å². The zero-order valence-corrected chi connectivity index (χ0v) is 14.9. The van der Waals surface area contributed by atoms with E-state index in [1.54, 1.807) is 6.92 Å². The van der Waals surface area contributed by atoms with Crippen LogP contribution in [-0.2, 0) is 19.0 Å². The fourth-order valence-corrected chi connectivity index (χ4v) is 3.23. The van der Waals surface area contributed by atoms with Crippen LogP contribution in [-0.4, -0.2) is 31.6 Å². The summed E-state index contributed by atoms with van der Waals surface area (Å²) < 4.78 is 16.6. The Kier molecular flexibility index (Phi) is 5.48. The highest BCUT2D eigenvalue weighted by atomic mass is 16.7. The number of carbonyl (C=O) groups excluding carboxylic acids is 1. The van der Waals surface area contributed by atoms with E-state index in [1.807, 2.05) is 19.9 Å². The molecule has 0 N–H and O–H groups in total. The monoisotopic (exact) mass is 320 g/mol. The highest BCUT2D eigenvalue weighted by molar-refractivity contribution is 5.83. The zero-order valence-electron chi connectivity index (χ0n) is 14.9. The molecule has 4 nitrogen and oxygen atoms in total. The second kappa shape index (κ2) is 7.02. The molecule has 1 aliphatic heterocycles. The molecule has 0 spiro atoms. The Morgan fingerprint density at radius 2 is 1.91 bits per heavy atom. The second-order valence-electron chi connectivity index (χ2n) is 6.89. The first-order valence-corrected chi connectivity index (χ1v) is 8.33. The van der Waals surface area contributed by atoms with Gasteiger partial charge in [0, 0.05) is 6.08 Å². The van der Waals surface area contributed by atoms with Crippen molar-refractivity contribution in [2.45, 2.75) is 53.2 Å². The molecule has 0 aromatic heterocycles. The van der Waals surface area contributed by atoms with Gasteiger partial charge < -0.3 is 14.2 Å². The van der Waals surface area contributed by atoms with Gasteiger partial charge in [-0.3, -0.25) is 0 Å². The van der Waals surface area contributed by atoms with E-state index >= 15 is 0 Å². The van der Waals surface area contributed by atoms with Crippen LogP contribution in [0.2, 0.25) is 0 Å². The molecule has 1 fully saturated rings. The largest absolute Gasteiger partial charge is 0.463 e. The molecule has 0 atom stereocenters. The molecule has 0 radical (unpaired) electrons. The maximum atomic E-state index is 11.5. The van der Waals surface area contributed by atoms with E-state index in [2.05, 4.69) is 19.9 Å². The van der Waals surface area contributed by atoms with Gasteiger partial charge in [-0.1, -0.05) is 26.0 Å². The van der Waals surface area contributed by atoms with Crippen molar-refractivity contribution in [2.75, 3.05) is 19.8 Å². The average molecular weight is 320 g/mol. The second-order valence-corrected chi connectivity index (χ2v) is 6.89. The van der Waals surface area contributed by atoms with E-state index in [4.69, 9.17) is 14.2 Å². The van der Waals surface area contributed by atoms with Gasteiger partial charge in [-0.25, -0.2) is 4.79 Å². The number of hydrogen-bond donors (Lipinski definition) is 0. The minimum atomic E-state index is -0.605. The van der Waals surface area contributed by atoms with Crippen LogP contribution in [0.25, 0.3) is 0 Å². The minimum absolute atomic E-state index is 0.0777. The summed E-state index contributed by atoms with van der Waals surface area (Å²) >= 11 is 0. The smallest absolute Gasteiger partial charge is 0.330 e. The van der Waals surface area contributed by atoms with E-state index < -0.39 is 5.79 Å². The molecule has 1 aliphatic carbocycles. The molecule has 0 amide bonds. The van der Waals surface area contributed by atoms with Gasteiger partial charge >= 0.3 is 5.97 Å². The predicted octanol–water partition coefficient (Wildman–Crippen LogP) is 3.93. The molecule has 128 valence electrons. The maximum Gasteiger partial charge on any atom is 0.330 e. The van der Waals surface area contributed by atoms with Crippen LogP contribution in [0, 0.1) is 5.41 Å². The van der Waals surface area contributed by atoms with E-state index in [0.717, 1.165) is 18.4 Å².